The van der Waals surface area contributed by atoms with E-state index in [9.17, 15) is 0 Å². The van der Waals surface area contributed by atoms with Gasteiger partial charge >= 0.3 is 0 Å². The van der Waals surface area contributed by atoms with Crippen molar-refractivity contribution in [3.63, 3.8) is 0 Å². The van der Waals surface area contributed by atoms with E-state index in [2.05, 4.69) is 191 Å². The minimum absolute atomic E-state index is 0.583. The van der Waals surface area contributed by atoms with E-state index in [1.807, 2.05) is 30.3 Å². The standard InChI is InChI=1S/C57H35N5O/c1-2-15-36(16-3-1)55-58-56(39-18-14-17-37(31-39)38-29-30-54-48(34-38)47-23-8-13-28-53(47)63-54)60-57(59-55)40-32-41(61-49-24-9-4-19-43(49)44-20-5-10-25-50(44)61)35-42(33-40)62-51-26-11-6-21-45(51)46-22-7-12-27-52(46)62/h1-35H. The van der Waals surface area contributed by atoms with E-state index in [0.29, 0.717) is 17.5 Å². The van der Waals surface area contributed by atoms with Gasteiger partial charge in [0.2, 0.25) is 0 Å². The Morgan fingerprint density at radius 3 is 1.29 bits per heavy atom. The number of fused-ring (bicyclic) bond motifs is 9. The molecule has 6 heteroatoms. The van der Waals surface area contributed by atoms with Crippen molar-refractivity contribution >= 4 is 65.6 Å². The zero-order chi connectivity index (χ0) is 41.4. The van der Waals surface area contributed by atoms with Crippen LogP contribution in [-0.4, -0.2) is 24.1 Å². The fraction of sp³-hybridized carbons (Fsp3) is 0. The lowest BCUT2D eigenvalue weighted by Crippen LogP contribution is -2.03. The van der Waals surface area contributed by atoms with Gasteiger partial charge in [0.1, 0.15) is 11.2 Å². The quantitative estimate of drug-likeness (QED) is 0.168. The molecule has 0 radical (unpaired) electrons. The first-order valence-corrected chi connectivity index (χ1v) is 21.2. The topological polar surface area (TPSA) is 61.7 Å². The number of benzene rings is 9. The van der Waals surface area contributed by atoms with Gasteiger partial charge in [0.05, 0.1) is 22.1 Å². The molecular formula is C57H35N5O. The highest BCUT2D eigenvalue weighted by molar-refractivity contribution is 6.11. The van der Waals surface area contributed by atoms with Crippen molar-refractivity contribution in [2.45, 2.75) is 0 Å². The predicted octanol–water partition coefficient (Wildman–Crippen LogP) is 14.6. The van der Waals surface area contributed by atoms with Crippen LogP contribution < -0.4 is 0 Å². The number of rotatable bonds is 6. The SMILES string of the molecule is c1ccc(-c2nc(-c3cccc(-c4ccc5oc6ccccc6c5c4)c3)nc(-c3cc(-n4c5ccccc5c5ccccc54)cc(-n4c5ccccc5c5ccccc54)c3)n2)cc1. The number of hydrogen-bond acceptors (Lipinski definition) is 4. The molecule has 0 N–H and O–H groups in total. The molecule has 0 atom stereocenters. The van der Waals surface area contributed by atoms with Crippen molar-refractivity contribution in [1.82, 2.24) is 24.1 Å². The van der Waals surface area contributed by atoms with Crippen LogP contribution in [0.4, 0.5) is 0 Å². The van der Waals surface area contributed by atoms with E-state index < -0.39 is 0 Å². The maximum Gasteiger partial charge on any atom is 0.164 e. The summed E-state index contributed by atoms with van der Waals surface area (Å²) in [5.41, 5.74) is 13.1. The second kappa shape index (κ2) is 14.0. The van der Waals surface area contributed by atoms with Crippen LogP contribution in [0.15, 0.2) is 217 Å². The third-order valence-corrected chi connectivity index (χ3v) is 12.3. The molecule has 294 valence electrons. The molecule has 0 unspecified atom stereocenters. The molecule has 0 saturated carbocycles. The molecule has 0 spiro atoms. The molecule has 0 aliphatic carbocycles. The van der Waals surface area contributed by atoms with Crippen molar-refractivity contribution in [2.24, 2.45) is 0 Å². The van der Waals surface area contributed by atoms with Crippen LogP contribution in [0, 0.1) is 0 Å². The van der Waals surface area contributed by atoms with Crippen LogP contribution >= 0.6 is 0 Å². The second-order valence-corrected chi connectivity index (χ2v) is 16.0. The molecule has 13 aromatic rings. The summed E-state index contributed by atoms with van der Waals surface area (Å²) in [4.78, 5) is 15.8. The number of nitrogens with zero attached hydrogens (tertiary/aromatic N) is 5. The average Bonchev–Trinajstić information content (AvgIpc) is 4.02. The van der Waals surface area contributed by atoms with Gasteiger partial charge in [0, 0.05) is 60.4 Å². The molecule has 0 bridgehead atoms. The summed E-state index contributed by atoms with van der Waals surface area (Å²) < 4.78 is 10.9. The summed E-state index contributed by atoms with van der Waals surface area (Å²) in [5.74, 6) is 1.78. The molecule has 0 fully saturated rings. The van der Waals surface area contributed by atoms with E-state index in [1.54, 1.807) is 0 Å². The first-order chi connectivity index (χ1) is 31.2. The summed E-state index contributed by atoms with van der Waals surface area (Å²) in [7, 11) is 0. The van der Waals surface area contributed by atoms with Crippen molar-refractivity contribution in [3.05, 3.63) is 212 Å². The lowest BCUT2D eigenvalue weighted by atomic mass is 10.0. The Labute approximate surface area is 361 Å². The third kappa shape index (κ3) is 5.69. The highest BCUT2D eigenvalue weighted by Crippen LogP contribution is 2.39. The normalized spacial score (nSPS) is 11.8. The van der Waals surface area contributed by atoms with Crippen LogP contribution in [0.25, 0.3) is 122 Å². The van der Waals surface area contributed by atoms with Gasteiger partial charge in [-0.2, -0.15) is 0 Å². The van der Waals surface area contributed by atoms with Crippen LogP contribution in [0.1, 0.15) is 0 Å². The van der Waals surface area contributed by atoms with Gasteiger partial charge in [-0.25, -0.2) is 15.0 Å². The molecule has 13 rings (SSSR count). The molecule has 9 aromatic carbocycles. The summed E-state index contributed by atoms with van der Waals surface area (Å²) in [6.45, 7) is 0. The van der Waals surface area contributed by atoms with E-state index in [4.69, 9.17) is 19.4 Å². The number of furan rings is 1. The van der Waals surface area contributed by atoms with Gasteiger partial charge in [0.15, 0.2) is 17.5 Å². The van der Waals surface area contributed by atoms with Gasteiger partial charge in [-0.15, -0.1) is 0 Å². The average molecular weight is 806 g/mol. The van der Waals surface area contributed by atoms with Gasteiger partial charge in [-0.1, -0.05) is 146 Å². The van der Waals surface area contributed by atoms with Gasteiger partial charge in [-0.3, -0.25) is 0 Å². The van der Waals surface area contributed by atoms with E-state index in [-0.39, 0.29) is 0 Å². The highest BCUT2D eigenvalue weighted by atomic mass is 16.3. The Hall–Kier alpha value is -8.61. The Morgan fingerprint density at radius 1 is 0.270 bits per heavy atom. The van der Waals surface area contributed by atoms with E-state index in [1.165, 1.54) is 21.5 Å². The fourth-order valence-electron chi connectivity index (χ4n) is 9.48. The van der Waals surface area contributed by atoms with Gasteiger partial charge in [0.25, 0.3) is 0 Å². The summed E-state index contributed by atoms with van der Waals surface area (Å²) in [6, 6.07) is 74.6. The van der Waals surface area contributed by atoms with Crippen LogP contribution in [0.5, 0.6) is 0 Å². The molecule has 0 amide bonds. The molecule has 6 nitrogen and oxygen atoms in total. The Bertz CT molecular complexity index is 3690. The smallest absolute Gasteiger partial charge is 0.164 e. The second-order valence-electron chi connectivity index (χ2n) is 16.0. The zero-order valence-corrected chi connectivity index (χ0v) is 33.9. The van der Waals surface area contributed by atoms with Gasteiger partial charge < -0.3 is 13.6 Å². The molecule has 0 aliphatic rings. The van der Waals surface area contributed by atoms with Crippen LogP contribution in [-0.2, 0) is 0 Å². The molecular weight excluding hydrogens is 771 g/mol. The summed E-state index contributed by atoms with van der Waals surface area (Å²) in [5, 5.41) is 6.99. The minimum Gasteiger partial charge on any atom is -0.456 e. The monoisotopic (exact) mass is 805 g/mol. The first-order valence-electron chi connectivity index (χ1n) is 21.2. The van der Waals surface area contributed by atoms with Crippen LogP contribution in [0.2, 0.25) is 0 Å². The molecule has 0 saturated heterocycles. The summed E-state index contributed by atoms with van der Waals surface area (Å²) in [6.07, 6.45) is 0. The first kappa shape index (κ1) is 35.2. The Morgan fingerprint density at radius 2 is 0.698 bits per heavy atom. The molecule has 4 aromatic heterocycles. The minimum atomic E-state index is 0.583. The zero-order valence-electron chi connectivity index (χ0n) is 33.9. The molecule has 0 aliphatic heterocycles. The van der Waals surface area contributed by atoms with E-state index in [0.717, 1.165) is 83.2 Å². The highest BCUT2D eigenvalue weighted by Gasteiger charge is 2.20. The third-order valence-electron chi connectivity index (χ3n) is 12.3. The fourth-order valence-corrected chi connectivity index (χ4v) is 9.48. The maximum absolute atomic E-state index is 6.16. The van der Waals surface area contributed by atoms with Crippen molar-refractivity contribution in [1.29, 1.82) is 0 Å². The van der Waals surface area contributed by atoms with Crippen molar-refractivity contribution in [3.8, 4) is 56.7 Å². The van der Waals surface area contributed by atoms with Crippen LogP contribution in [0.3, 0.4) is 0 Å². The molecule has 4 heterocycles. The van der Waals surface area contributed by atoms with Crippen molar-refractivity contribution in [2.75, 3.05) is 0 Å². The lowest BCUT2D eigenvalue weighted by Gasteiger charge is -2.16. The Balaban J connectivity index is 1.05. The van der Waals surface area contributed by atoms with E-state index >= 15 is 0 Å². The van der Waals surface area contributed by atoms with Crippen molar-refractivity contribution < 1.29 is 4.42 Å². The maximum atomic E-state index is 6.16. The summed E-state index contributed by atoms with van der Waals surface area (Å²) >= 11 is 0. The number of hydrogen-bond donors (Lipinski definition) is 0. The predicted molar refractivity (Wildman–Crippen MR) is 258 cm³/mol. The lowest BCUT2D eigenvalue weighted by molar-refractivity contribution is 0.669. The Kier molecular flexibility index (Phi) is 7.80. The molecule has 63 heavy (non-hydrogen) atoms. The van der Waals surface area contributed by atoms with Gasteiger partial charge in [-0.05, 0) is 77.9 Å². The number of para-hydroxylation sites is 5. The largest absolute Gasteiger partial charge is 0.456 e. The number of aromatic nitrogens is 5.